The molecule has 0 saturated carbocycles. The molecule has 1 radical (unpaired) electrons. The lowest BCUT2D eigenvalue weighted by atomic mass is 9.98. The minimum Gasteiger partial charge on any atom is -0.291 e. The number of ketones is 2. The van der Waals surface area contributed by atoms with Gasteiger partial charge in [-0.3, -0.25) is 24.1 Å². The predicted molar refractivity (Wildman–Crippen MR) is 91.4 cm³/mol. The Kier molecular flexibility index (Phi) is 6.77. The molecule has 1 aliphatic rings. The smallest absolute Gasteiger partial charge is 0.253 e. The molecule has 2 amide bonds. The normalized spacial score (nSPS) is 14.8. The fourth-order valence-electron chi connectivity index (χ4n) is 2.64. The average Bonchev–Trinajstić information content (AvgIpc) is 2.93. The third-order valence-corrected chi connectivity index (χ3v) is 4.06. The first-order valence-corrected chi connectivity index (χ1v) is 8.34. The number of Topliss-reactive ketones (excluding diaryl/α,β-unsaturated/α-hetero) is 2. The van der Waals surface area contributed by atoms with Gasteiger partial charge in [-0.25, -0.2) is 5.73 Å². The number of unbranched alkanes of at least 4 members (excludes halogenated alkanes) is 2. The summed E-state index contributed by atoms with van der Waals surface area (Å²) in [6, 6.07) is 8.11. The molecule has 1 aromatic rings. The Hall–Kier alpha value is -2.60. The maximum Gasteiger partial charge on any atom is 0.253 e. The standard InChI is InChI=1S/C19H21N2O4/c20-15(13-14-7-3-1-4-8-14)19(25)16(22)9-5-2-6-12-21-17(23)10-11-18(21)24/h1,3-4,7-8,10-11,15,20H,2,5-6,9,12-13H2/t15-/m0/s1. The molecule has 0 aromatic heterocycles. The van der Waals surface area contributed by atoms with E-state index in [9.17, 15) is 19.2 Å². The minimum atomic E-state index is -1.07. The summed E-state index contributed by atoms with van der Waals surface area (Å²) in [6.45, 7) is 0.321. The first-order valence-electron chi connectivity index (χ1n) is 8.34. The molecule has 6 heteroatoms. The first kappa shape index (κ1) is 18.7. The van der Waals surface area contributed by atoms with Gasteiger partial charge in [-0.15, -0.1) is 0 Å². The van der Waals surface area contributed by atoms with Crippen LogP contribution in [0.1, 0.15) is 31.2 Å². The SMILES string of the molecule is [NH][C@@H](Cc1ccccc1)C(=O)C(=O)CCCCCN1C(=O)C=CC1=O. The lowest BCUT2D eigenvalue weighted by Crippen LogP contribution is -2.32. The summed E-state index contributed by atoms with van der Waals surface area (Å²) in [5.74, 6) is -1.80. The molecule has 25 heavy (non-hydrogen) atoms. The van der Waals surface area contributed by atoms with E-state index in [0.29, 0.717) is 25.8 Å². The third kappa shape index (κ3) is 5.46. The van der Waals surface area contributed by atoms with Crippen LogP contribution >= 0.6 is 0 Å². The van der Waals surface area contributed by atoms with Crippen molar-refractivity contribution in [2.45, 2.75) is 38.1 Å². The van der Waals surface area contributed by atoms with Crippen LogP contribution in [-0.2, 0) is 25.6 Å². The maximum absolute atomic E-state index is 12.0. The molecule has 0 fully saturated rings. The first-order chi connectivity index (χ1) is 12.0. The van der Waals surface area contributed by atoms with Crippen molar-refractivity contribution in [2.75, 3.05) is 6.54 Å². The van der Waals surface area contributed by atoms with Crippen LogP contribution in [0, 0.1) is 0 Å². The lowest BCUT2D eigenvalue weighted by molar-refractivity contribution is -0.137. The fourth-order valence-corrected chi connectivity index (χ4v) is 2.64. The maximum atomic E-state index is 12.0. The zero-order valence-corrected chi connectivity index (χ0v) is 13.9. The summed E-state index contributed by atoms with van der Waals surface area (Å²) in [6.07, 6.45) is 4.55. The Bertz CT molecular complexity index is 664. The largest absolute Gasteiger partial charge is 0.291 e. The van der Waals surface area contributed by atoms with Crippen LogP contribution < -0.4 is 5.73 Å². The van der Waals surface area contributed by atoms with E-state index < -0.39 is 17.6 Å². The summed E-state index contributed by atoms with van der Waals surface area (Å²) in [4.78, 5) is 47.8. The highest BCUT2D eigenvalue weighted by Crippen LogP contribution is 2.09. The second-order valence-corrected chi connectivity index (χ2v) is 6.00. The van der Waals surface area contributed by atoms with Crippen molar-refractivity contribution in [1.82, 2.24) is 10.6 Å². The quantitative estimate of drug-likeness (QED) is 0.366. The number of carbonyl (C=O) groups is 4. The van der Waals surface area contributed by atoms with E-state index in [1.54, 1.807) is 0 Å². The van der Waals surface area contributed by atoms with Crippen molar-refractivity contribution in [1.29, 1.82) is 0 Å². The van der Waals surface area contributed by atoms with Gasteiger partial charge in [0.25, 0.3) is 11.8 Å². The van der Waals surface area contributed by atoms with E-state index >= 15 is 0 Å². The topological polar surface area (TPSA) is 95.3 Å². The van der Waals surface area contributed by atoms with Crippen molar-refractivity contribution < 1.29 is 19.2 Å². The van der Waals surface area contributed by atoms with Gasteiger partial charge >= 0.3 is 0 Å². The molecule has 0 unspecified atom stereocenters. The summed E-state index contributed by atoms with van der Waals surface area (Å²) < 4.78 is 0. The van der Waals surface area contributed by atoms with Crippen LogP contribution in [0.15, 0.2) is 42.5 Å². The number of nitrogens with one attached hydrogen (secondary N) is 1. The van der Waals surface area contributed by atoms with E-state index in [1.165, 1.54) is 12.2 Å². The molecule has 0 spiro atoms. The van der Waals surface area contributed by atoms with Crippen LogP contribution in [0.4, 0.5) is 0 Å². The Labute approximate surface area is 146 Å². The lowest BCUT2D eigenvalue weighted by Gasteiger charge is -2.13. The molecular formula is C19H21N2O4. The summed E-state index contributed by atoms with van der Waals surface area (Å²) in [5, 5.41) is 0. The van der Waals surface area contributed by atoms with Gasteiger partial charge in [0.2, 0.25) is 5.78 Å². The zero-order chi connectivity index (χ0) is 18.2. The molecule has 2 rings (SSSR count). The van der Waals surface area contributed by atoms with Crippen molar-refractivity contribution in [2.24, 2.45) is 0 Å². The summed E-state index contributed by atoms with van der Waals surface area (Å²) in [7, 11) is 0. The molecule has 1 aromatic carbocycles. The molecule has 0 saturated heterocycles. The van der Waals surface area contributed by atoms with E-state index in [4.69, 9.17) is 5.73 Å². The number of hydrogen-bond donors (Lipinski definition) is 0. The van der Waals surface area contributed by atoms with Gasteiger partial charge in [0.1, 0.15) is 0 Å². The van der Waals surface area contributed by atoms with Gasteiger partial charge in [-0.2, -0.15) is 0 Å². The number of imide groups is 1. The second-order valence-electron chi connectivity index (χ2n) is 6.00. The molecule has 6 nitrogen and oxygen atoms in total. The highest BCUT2D eigenvalue weighted by atomic mass is 16.2. The van der Waals surface area contributed by atoms with Gasteiger partial charge in [0, 0.05) is 25.1 Å². The van der Waals surface area contributed by atoms with Crippen LogP contribution in [0.25, 0.3) is 0 Å². The number of benzene rings is 1. The van der Waals surface area contributed by atoms with Gasteiger partial charge in [0.05, 0.1) is 6.04 Å². The van der Waals surface area contributed by atoms with Crippen molar-refractivity contribution in [3.05, 3.63) is 48.0 Å². The van der Waals surface area contributed by atoms with Crippen LogP contribution in [-0.4, -0.2) is 40.9 Å². The molecule has 131 valence electrons. The van der Waals surface area contributed by atoms with Gasteiger partial charge in [0.15, 0.2) is 5.78 Å². The van der Waals surface area contributed by atoms with Crippen LogP contribution in [0.5, 0.6) is 0 Å². The molecule has 1 N–H and O–H groups in total. The third-order valence-electron chi connectivity index (χ3n) is 4.06. The number of rotatable bonds is 10. The van der Waals surface area contributed by atoms with Gasteiger partial charge < -0.3 is 0 Å². The Balaban J connectivity index is 1.65. The van der Waals surface area contributed by atoms with Crippen LogP contribution in [0.2, 0.25) is 0 Å². The number of nitrogens with zero attached hydrogens (tertiary/aromatic N) is 1. The zero-order valence-electron chi connectivity index (χ0n) is 13.9. The fraction of sp³-hybridized carbons (Fsp3) is 0.368. The highest BCUT2D eigenvalue weighted by Gasteiger charge is 2.23. The number of carbonyl (C=O) groups excluding carboxylic acids is 4. The van der Waals surface area contributed by atoms with E-state index in [2.05, 4.69) is 0 Å². The molecular weight excluding hydrogens is 320 g/mol. The molecule has 0 bridgehead atoms. The predicted octanol–water partition coefficient (Wildman–Crippen LogP) is 1.50. The van der Waals surface area contributed by atoms with E-state index in [1.807, 2.05) is 30.3 Å². The Morgan fingerprint density at radius 1 is 0.960 bits per heavy atom. The van der Waals surface area contributed by atoms with Gasteiger partial charge in [-0.1, -0.05) is 36.8 Å². The minimum absolute atomic E-state index is 0.100. The number of hydrogen-bond acceptors (Lipinski definition) is 4. The average molecular weight is 341 g/mol. The molecule has 1 atom stereocenters. The summed E-state index contributed by atoms with van der Waals surface area (Å²) >= 11 is 0. The second kappa shape index (κ2) is 9.03. The van der Waals surface area contributed by atoms with Gasteiger partial charge in [-0.05, 0) is 24.8 Å². The molecule has 1 aliphatic heterocycles. The monoisotopic (exact) mass is 341 g/mol. The molecule has 1 heterocycles. The van der Waals surface area contributed by atoms with E-state index in [-0.39, 0.29) is 24.7 Å². The molecule has 0 aliphatic carbocycles. The van der Waals surface area contributed by atoms with Crippen molar-refractivity contribution >= 4 is 23.4 Å². The Morgan fingerprint density at radius 2 is 1.60 bits per heavy atom. The Morgan fingerprint density at radius 3 is 2.24 bits per heavy atom. The number of amides is 2. The van der Waals surface area contributed by atoms with Crippen molar-refractivity contribution in [3.8, 4) is 0 Å². The van der Waals surface area contributed by atoms with Crippen LogP contribution in [0.3, 0.4) is 0 Å². The highest BCUT2D eigenvalue weighted by molar-refractivity contribution is 6.39. The van der Waals surface area contributed by atoms with Crippen molar-refractivity contribution in [3.63, 3.8) is 0 Å². The van der Waals surface area contributed by atoms with E-state index in [0.717, 1.165) is 10.5 Å². The summed E-state index contributed by atoms with van der Waals surface area (Å²) in [5.41, 5.74) is 8.72.